The van der Waals surface area contributed by atoms with E-state index in [1.807, 2.05) is 12.1 Å². The average molecular weight is 641 g/mol. The second-order valence-corrected chi connectivity index (χ2v) is 11.8. The summed E-state index contributed by atoms with van der Waals surface area (Å²) < 4.78 is 58.6. The molecule has 0 spiro atoms. The van der Waals surface area contributed by atoms with E-state index in [1.165, 1.54) is 35.1 Å². The predicted octanol–water partition coefficient (Wildman–Crippen LogP) is -0.583. The van der Waals surface area contributed by atoms with Crippen molar-refractivity contribution in [1.29, 1.82) is 0 Å². The van der Waals surface area contributed by atoms with Crippen molar-refractivity contribution in [3.63, 3.8) is 0 Å². The summed E-state index contributed by atoms with van der Waals surface area (Å²) in [6, 6.07) is 17.1. The van der Waals surface area contributed by atoms with Crippen molar-refractivity contribution in [2.45, 2.75) is 4.90 Å². The topological polar surface area (TPSA) is 214 Å². The molecule has 0 aliphatic carbocycles. The molecule has 0 saturated carbocycles. The van der Waals surface area contributed by atoms with Gasteiger partial charge in [0.25, 0.3) is 0 Å². The molecule has 3 aromatic carbocycles. The Morgan fingerprint density at radius 2 is 1.43 bits per heavy atom. The fraction of sp³-hybridized carbons (Fsp3) is 0.0870. The summed E-state index contributed by atoms with van der Waals surface area (Å²) in [4.78, 5) is 13.4. The van der Waals surface area contributed by atoms with Gasteiger partial charge in [0.2, 0.25) is 17.2 Å². The molecule has 0 amide bonds. The van der Waals surface area contributed by atoms with Gasteiger partial charge in [-0.1, -0.05) is 17.9 Å². The van der Waals surface area contributed by atoms with Crippen LogP contribution in [0.3, 0.4) is 0 Å². The molecule has 2 aromatic heterocycles. The Labute approximate surface area is 266 Å². The third-order valence-electron chi connectivity index (χ3n) is 5.38. The van der Waals surface area contributed by atoms with E-state index in [0.717, 1.165) is 0 Å². The van der Waals surface area contributed by atoms with Crippen LogP contribution >= 0.6 is 11.6 Å². The summed E-state index contributed by atoms with van der Waals surface area (Å²) in [7, 11) is -8.64. The third kappa shape index (κ3) is 7.90. The second kappa shape index (κ2) is 12.8. The van der Waals surface area contributed by atoms with Crippen LogP contribution in [0.4, 0.5) is 23.3 Å². The van der Waals surface area contributed by atoms with E-state index in [-0.39, 0.29) is 63.1 Å². The Morgan fingerprint density at radius 3 is 2.00 bits per heavy atom. The van der Waals surface area contributed by atoms with Crippen LogP contribution in [0.15, 0.2) is 71.6 Å². The summed E-state index contributed by atoms with van der Waals surface area (Å²) in [6.45, 7) is -0.742. The van der Waals surface area contributed by atoms with Crippen molar-refractivity contribution in [2.75, 3.05) is 23.0 Å². The first-order chi connectivity index (χ1) is 19.4. The predicted molar refractivity (Wildman–Crippen MR) is 146 cm³/mol. The minimum Gasteiger partial charge on any atom is -0.871 e. The summed E-state index contributed by atoms with van der Waals surface area (Å²) in [5.74, 6) is -0.969. The Morgan fingerprint density at radius 1 is 0.857 bits per heavy atom. The van der Waals surface area contributed by atoms with Gasteiger partial charge >= 0.3 is 40.0 Å². The van der Waals surface area contributed by atoms with Crippen LogP contribution in [0, 0.1) is 0 Å². The van der Waals surface area contributed by atoms with Crippen LogP contribution in [0.2, 0.25) is 5.28 Å². The average Bonchev–Trinajstić information content (AvgIpc) is 3.32. The molecule has 0 radical (unpaired) electrons. The number of aromatic nitrogens is 6. The van der Waals surface area contributed by atoms with Gasteiger partial charge in [-0.3, -0.25) is 4.55 Å². The molecule has 19 heteroatoms. The first-order valence-corrected chi connectivity index (χ1v) is 14.9. The summed E-state index contributed by atoms with van der Waals surface area (Å²) in [6.07, 6.45) is 0. The van der Waals surface area contributed by atoms with Gasteiger partial charge in [-0.05, 0) is 66.2 Å². The quantitative estimate of drug-likeness (QED) is 0.129. The first-order valence-electron chi connectivity index (χ1n) is 11.5. The van der Waals surface area contributed by atoms with Gasteiger partial charge in [-0.15, -0.1) is 10.2 Å². The largest absolute Gasteiger partial charge is 1.00 e. The molecule has 0 atom stereocenters. The summed E-state index contributed by atoms with van der Waals surface area (Å²) >= 11 is 6.05. The molecular weight excluding hydrogens is 623 g/mol. The number of rotatable bonds is 10. The van der Waals surface area contributed by atoms with Gasteiger partial charge in [-0.2, -0.15) is 28.2 Å². The van der Waals surface area contributed by atoms with Crippen molar-refractivity contribution in [1.82, 2.24) is 29.9 Å². The minimum atomic E-state index is -4.75. The maximum atomic E-state index is 12.8. The molecule has 15 nitrogen and oxygen atoms in total. The molecule has 0 saturated heterocycles. The summed E-state index contributed by atoms with van der Waals surface area (Å²) in [5.41, 5.74) is 2.32. The molecule has 0 bridgehead atoms. The van der Waals surface area contributed by atoms with Crippen molar-refractivity contribution in [3.05, 3.63) is 72.0 Å². The molecule has 5 rings (SSSR count). The Balaban J connectivity index is 0.00000405. The SMILES string of the molecule is O=S(=O)(O)OCCS(=O)(=O)c1ccc(Nc2nc(Cl)nc(Nc3ccc(-n4nc5ccccc5n4)c([O-])c3)n2)cc1.[Na+]. The Hall–Kier alpha value is -3.42. The molecule has 212 valence electrons. The van der Waals surface area contributed by atoms with Crippen molar-refractivity contribution >= 4 is 66.1 Å². The van der Waals surface area contributed by atoms with E-state index in [1.54, 1.807) is 24.3 Å². The number of fused-ring (bicyclic) bond motifs is 1. The number of nitrogens with zero attached hydrogens (tertiary/aromatic N) is 6. The van der Waals surface area contributed by atoms with E-state index in [9.17, 15) is 21.9 Å². The van der Waals surface area contributed by atoms with E-state index in [0.29, 0.717) is 22.4 Å². The molecule has 0 fully saturated rings. The van der Waals surface area contributed by atoms with Crippen LogP contribution < -0.4 is 45.3 Å². The Kier molecular flexibility index (Phi) is 9.63. The van der Waals surface area contributed by atoms with Gasteiger partial charge in [0.05, 0.1) is 22.9 Å². The van der Waals surface area contributed by atoms with Crippen LogP contribution in [-0.4, -0.2) is 63.7 Å². The van der Waals surface area contributed by atoms with Crippen molar-refractivity contribution in [2.24, 2.45) is 0 Å². The molecule has 0 aliphatic rings. The van der Waals surface area contributed by atoms with Crippen molar-refractivity contribution in [3.8, 4) is 11.4 Å². The fourth-order valence-electron chi connectivity index (χ4n) is 3.56. The smallest absolute Gasteiger partial charge is 0.871 e. The number of benzene rings is 3. The van der Waals surface area contributed by atoms with Gasteiger partial charge in [0, 0.05) is 11.4 Å². The number of nitrogens with one attached hydrogen (secondary N) is 2. The molecule has 5 aromatic rings. The second-order valence-electron chi connectivity index (χ2n) is 8.26. The fourth-order valence-corrected chi connectivity index (χ4v) is 5.21. The zero-order valence-corrected chi connectivity index (χ0v) is 25.9. The number of hydrogen-bond donors (Lipinski definition) is 3. The molecule has 3 N–H and O–H groups in total. The standard InChI is InChI=1S/C23H19ClN8O7S2.Na/c24-21-27-22(25-14-5-8-16(9-6-14)40(34,35)12-11-39-41(36,37)38)29-23(28-21)26-15-7-10-19(20(33)13-15)32-30-17-3-1-2-4-18(17)31-32;/h1-10,13,33H,11-12H2,(H,36,37,38)(H2,25,26,27,28,29);/q;+1/p-1. The monoisotopic (exact) mass is 640 g/mol. The number of hydrogen-bond acceptors (Lipinski definition) is 13. The molecule has 0 unspecified atom stereocenters. The van der Waals surface area contributed by atoms with Gasteiger partial charge in [0.1, 0.15) is 11.0 Å². The van der Waals surface area contributed by atoms with Crippen LogP contribution in [-0.2, 0) is 24.4 Å². The maximum Gasteiger partial charge on any atom is 1.00 e. The van der Waals surface area contributed by atoms with Crippen LogP contribution in [0.5, 0.6) is 5.75 Å². The van der Waals surface area contributed by atoms with E-state index < -0.39 is 32.6 Å². The molecule has 0 aliphatic heterocycles. The van der Waals surface area contributed by atoms with Gasteiger partial charge in [-0.25, -0.2) is 12.6 Å². The third-order valence-corrected chi connectivity index (χ3v) is 7.71. The first kappa shape index (κ1) is 31.5. The number of sulfone groups is 1. The van der Waals surface area contributed by atoms with Crippen molar-refractivity contribution < 1.29 is 60.2 Å². The van der Waals surface area contributed by atoms with Crippen LogP contribution in [0.25, 0.3) is 16.7 Å². The minimum absolute atomic E-state index is 0. The zero-order valence-electron chi connectivity index (χ0n) is 21.5. The summed E-state index contributed by atoms with van der Waals surface area (Å²) in [5, 5.41) is 27.0. The van der Waals surface area contributed by atoms with E-state index in [4.69, 9.17) is 16.2 Å². The van der Waals surface area contributed by atoms with E-state index >= 15 is 0 Å². The zero-order chi connectivity index (χ0) is 29.2. The normalized spacial score (nSPS) is 11.7. The maximum absolute atomic E-state index is 12.8. The molecule has 42 heavy (non-hydrogen) atoms. The Bertz CT molecular complexity index is 1930. The molecular formula is C23H18ClN8NaO7S2. The van der Waals surface area contributed by atoms with Crippen LogP contribution in [0.1, 0.15) is 0 Å². The van der Waals surface area contributed by atoms with E-state index in [2.05, 4.69) is 40.0 Å². The van der Waals surface area contributed by atoms with Gasteiger partial charge < -0.3 is 15.7 Å². The molecule has 2 heterocycles. The number of halogens is 1. The van der Waals surface area contributed by atoms with Gasteiger partial charge in [0.15, 0.2) is 9.84 Å². The number of anilines is 4.